The summed E-state index contributed by atoms with van der Waals surface area (Å²) in [5.74, 6) is -0.534. The largest absolute Gasteiger partial charge is 0.468 e. The second kappa shape index (κ2) is 7.00. The van der Waals surface area contributed by atoms with Crippen LogP contribution in [-0.4, -0.2) is 47.8 Å². The van der Waals surface area contributed by atoms with Crippen LogP contribution in [0, 0.1) is 5.82 Å². The van der Waals surface area contributed by atoms with Gasteiger partial charge in [0.15, 0.2) is 0 Å². The number of hydrogen-bond donors (Lipinski definition) is 1. The SMILES string of the molecule is COC(=O)[C@@H]1C[C@@H](O)CN1C(C)CCc1cccc(F)c1. The molecule has 0 radical (unpaired) electrons. The van der Waals surface area contributed by atoms with Crippen molar-refractivity contribution in [2.45, 2.75) is 44.4 Å². The Bertz CT molecular complexity index is 494. The number of rotatable bonds is 5. The van der Waals surface area contributed by atoms with E-state index in [0.29, 0.717) is 13.0 Å². The Morgan fingerprint density at radius 1 is 1.57 bits per heavy atom. The van der Waals surface area contributed by atoms with E-state index >= 15 is 0 Å². The Kier molecular flexibility index (Phi) is 5.31. The van der Waals surface area contributed by atoms with Crippen molar-refractivity contribution in [2.24, 2.45) is 0 Å². The van der Waals surface area contributed by atoms with Gasteiger partial charge in [-0.2, -0.15) is 0 Å². The third-order valence-corrected chi connectivity index (χ3v) is 4.10. The number of aliphatic hydroxyl groups is 1. The van der Waals surface area contributed by atoms with Gasteiger partial charge in [0.2, 0.25) is 0 Å². The molecule has 1 heterocycles. The molecule has 1 saturated heterocycles. The first-order chi connectivity index (χ1) is 10.0. The van der Waals surface area contributed by atoms with E-state index in [1.165, 1.54) is 19.2 Å². The van der Waals surface area contributed by atoms with Gasteiger partial charge in [-0.05, 0) is 37.5 Å². The highest BCUT2D eigenvalue weighted by atomic mass is 19.1. The molecule has 0 saturated carbocycles. The number of β-amino-alcohol motifs (C(OH)–C–C–N with tert-alkyl or cyclic N) is 1. The van der Waals surface area contributed by atoms with E-state index in [9.17, 15) is 14.3 Å². The number of carbonyl (C=O) groups excluding carboxylic acids is 1. The van der Waals surface area contributed by atoms with E-state index in [1.54, 1.807) is 6.07 Å². The van der Waals surface area contributed by atoms with Crippen molar-refractivity contribution >= 4 is 5.97 Å². The minimum atomic E-state index is -0.495. The summed E-state index contributed by atoms with van der Waals surface area (Å²) < 4.78 is 18.0. The zero-order valence-electron chi connectivity index (χ0n) is 12.5. The average Bonchev–Trinajstić information content (AvgIpc) is 2.86. The number of carbonyl (C=O) groups is 1. The van der Waals surface area contributed by atoms with Gasteiger partial charge in [-0.15, -0.1) is 0 Å². The first kappa shape index (κ1) is 15.9. The minimum absolute atomic E-state index is 0.120. The summed E-state index contributed by atoms with van der Waals surface area (Å²) >= 11 is 0. The first-order valence-corrected chi connectivity index (χ1v) is 7.27. The second-order valence-corrected chi connectivity index (χ2v) is 5.64. The van der Waals surface area contributed by atoms with Gasteiger partial charge >= 0.3 is 5.97 Å². The molecule has 4 nitrogen and oxygen atoms in total. The molecule has 0 aromatic heterocycles. The molecule has 5 heteroatoms. The van der Waals surface area contributed by atoms with Gasteiger partial charge in [-0.3, -0.25) is 9.69 Å². The molecule has 21 heavy (non-hydrogen) atoms. The summed E-state index contributed by atoms with van der Waals surface area (Å²) in [6.45, 7) is 2.50. The van der Waals surface area contributed by atoms with Crippen LogP contribution < -0.4 is 0 Å². The van der Waals surface area contributed by atoms with E-state index in [4.69, 9.17) is 4.74 Å². The quantitative estimate of drug-likeness (QED) is 0.841. The van der Waals surface area contributed by atoms with Gasteiger partial charge in [0, 0.05) is 19.0 Å². The maximum atomic E-state index is 13.2. The van der Waals surface area contributed by atoms with Crippen LogP contribution in [0.2, 0.25) is 0 Å². The summed E-state index contributed by atoms with van der Waals surface area (Å²) in [5, 5.41) is 9.79. The Labute approximate surface area is 124 Å². The van der Waals surface area contributed by atoms with Gasteiger partial charge in [0.25, 0.3) is 0 Å². The Morgan fingerprint density at radius 2 is 2.33 bits per heavy atom. The molecule has 116 valence electrons. The number of esters is 1. The van der Waals surface area contributed by atoms with Crippen LogP contribution in [-0.2, 0) is 16.0 Å². The number of aryl methyl sites for hydroxylation is 1. The van der Waals surface area contributed by atoms with Crippen LogP contribution in [0.3, 0.4) is 0 Å². The smallest absolute Gasteiger partial charge is 0.323 e. The minimum Gasteiger partial charge on any atom is -0.468 e. The lowest BCUT2D eigenvalue weighted by Crippen LogP contribution is -2.42. The summed E-state index contributed by atoms with van der Waals surface area (Å²) in [6.07, 6.45) is 1.45. The Morgan fingerprint density at radius 3 is 3.00 bits per heavy atom. The number of ether oxygens (including phenoxy) is 1. The fourth-order valence-electron chi connectivity index (χ4n) is 2.93. The van der Waals surface area contributed by atoms with Gasteiger partial charge in [-0.1, -0.05) is 12.1 Å². The van der Waals surface area contributed by atoms with E-state index < -0.39 is 6.10 Å². The van der Waals surface area contributed by atoms with Gasteiger partial charge < -0.3 is 9.84 Å². The van der Waals surface area contributed by atoms with Crippen LogP contribution in [0.15, 0.2) is 24.3 Å². The molecule has 0 spiro atoms. The molecule has 1 aliphatic heterocycles. The third-order valence-electron chi connectivity index (χ3n) is 4.10. The molecule has 1 N–H and O–H groups in total. The maximum absolute atomic E-state index is 13.2. The molecule has 1 aromatic carbocycles. The molecular weight excluding hydrogens is 273 g/mol. The molecule has 1 unspecified atom stereocenters. The predicted molar refractivity (Wildman–Crippen MR) is 77.3 cm³/mol. The molecule has 0 amide bonds. The van der Waals surface area contributed by atoms with Crippen LogP contribution in [0.5, 0.6) is 0 Å². The number of aliphatic hydroxyl groups excluding tert-OH is 1. The predicted octanol–water partition coefficient (Wildman–Crippen LogP) is 1.75. The number of likely N-dealkylation sites (tertiary alicyclic amines) is 1. The van der Waals surface area contributed by atoms with Crippen molar-refractivity contribution in [2.75, 3.05) is 13.7 Å². The summed E-state index contributed by atoms with van der Waals surface area (Å²) in [7, 11) is 1.36. The molecule has 3 atom stereocenters. The fraction of sp³-hybridized carbons (Fsp3) is 0.562. The van der Waals surface area contributed by atoms with Crippen molar-refractivity contribution in [3.05, 3.63) is 35.6 Å². The summed E-state index contributed by atoms with van der Waals surface area (Å²) in [5.41, 5.74) is 0.941. The Balaban J connectivity index is 1.95. The highest BCUT2D eigenvalue weighted by Crippen LogP contribution is 2.24. The number of methoxy groups -OCH3 is 1. The lowest BCUT2D eigenvalue weighted by atomic mass is 10.0. The molecule has 1 aromatic rings. The third kappa shape index (κ3) is 4.02. The van der Waals surface area contributed by atoms with Gasteiger partial charge in [0.05, 0.1) is 13.2 Å². The molecule has 1 fully saturated rings. The van der Waals surface area contributed by atoms with E-state index in [1.807, 2.05) is 17.9 Å². The number of nitrogens with zero attached hydrogens (tertiary/aromatic N) is 1. The maximum Gasteiger partial charge on any atom is 0.323 e. The van der Waals surface area contributed by atoms with Crippen LogP contribution >= 0.6 is 0 Å². The van der Waals surface area contributed by atoms with Crippen molar-refractivity contribution in [3.63, 3.8) is 0 Å². The number of hydrogen-bond acceptors (Lipinski definition) is 4. The van der Waals surface area contributed by atoms with Gasteiger partial charge in [0.1, 0.15) is 11.9 Å². The van der Waals surface area contributed by atoms with Crippen molar-refractivity contribution in [1.29, 1.82) is 0 Å². The molecule has 1 aliphatic rings. The highest BCUT2D eigenvalue weighted by molar-refractivity contribution is 5.76. The van der Waals surface area contributed by atoms with Crippen molar-refractivity contribution in [3.8, 4) is 0 Å². The molecule has 0 aliphatic carbocycles. The monoisotopic (exact) mass is 295 g/mol. The van der Waals surface area contributed by atoms with Gasteiger partial charge in [-0.25, -0.2) is 4.39 Å². The van der Waals surface area contributed by atoms with E-state index in [2.05, 4.69) is 0 Å². The topological polar surface area (TPSA) is 49.8 Å². The normalized spacial score (nSPS) is 24.0. The lowest BCUT2D eigenvalue weighted by molar-refractivity contribution is -0.146. The first-order valence-electron chi connectivity index (χ1n) is 7.27. The average molecular weight is 295 g/mol. The summed E-state index contributed by atoms with van der Waals surface area (Å²) in [4.78, 5) is 13.8. The van der Waals surface area contributed by atoms with Crippen LogP contribution in [0.4, 0.5) is 4.39 Å². The van der Waals surface area contributed by atoms with Crippen molar-refractivity contribution < 1.29 is 19.0 Å². The van der Waals surface area contributed by atoms with Crippen LogP contribution in [0.1, 0.15) is 25.3 Å². The highest BCUT2D eigenvalue weighted by Gasteiger charge is 2.38. The standard InChI is InChI=1S/C16H22FNO3/c1-11(6-7-12-4-3-5-13(17)8-12)18-10-14(19)9-15(18)16(20)21-2/h3-5,8,11,14-15,19H,6-7,9-10H2,1-2H3/t11?,14-,15+/m1/s1. The van der Waals surface area contributed by atoms with Crippen LogP contribution in [0.25, 0.3) is 0 Å². The Hall–Kier alpha value is -1.46. The van der Waals surface area contributed by atoms with Crippen molar-refractivity contribution in [1.82, 2.24) is 4.90 Å². The number of halogens is 1. The fourth-order valence-corrected chi connectivity index (χ4v) is 2.93. The second-order valence-electron chi connectivity index (χ2n) is 5.64. The van der Waals surface area contributed by atoms with E-state index in [0.717, 1.165) is 18.4 Å². The number of benzene rings is 1. The zero-order valence-corrected chi connectivity index (χ0v) is 12.5. The summed E-state index contributed by atoms with van der Waals surface area (Å²) in [6, 6.07) is 6.29. The lowest BCUT2D eigenvalue weighted by Gasteiger charge is -2.28. The zero-order chi connectivity index (χ0) is 15.4. The molecular formula is C16H22FNO3. The van der Waals surface area contributed by atoms with E-state index in [-0.39, 0.29) is 23.9 Å². The molecule has 0 bridgehead atoms. The molecule has 2 rings (SSSR count).